The van der Waals surface area contributed by atoms with Crippen molar-refractivity contribution < 1.29 is 49.0 Å². The third-order valence-electron chi connectivity index (χ3n) is 7.80. The number of hydrogen-bond acceptors (Lipinski definition) is 0. The number of hydrogen-bond donors (Lipinski definition) is 0. The van der Waals surface area contributed by atoms with Gasteiger partial charge >= 0.3 is 112 Å². The maximum Gasteiger partial charge on any atom is -0.172 e. The van der Waals surface area contributed by atoms with Crippen LogP contribution in [0.25, 0.3) is 11.1 Å². The summed E-state index contributed by atoms with van der Waals surface area (Å²) in [5.41, 5.74) is 12.9. The summed E-state index contributed by atoms with van der Waals surface area (Å²) in [5, 5.41) is 0. The van der Waals surface area contributed by atoms with Crippen LogP contribution in [0.2, 0.25) is 0 Å². The molecule has 0 unspecified atom stereocenters. The van der Waals surface area contributed by atoms with Crippen LogP contribution >= 0.6 is 0 Å². The van der Waals surface area contributed by atoms with Crippen molar-refractivity contribution in [2.24, 2.45) is 0 Å². The van der Waals surface area contributed by atoms with E-state index < -0.39 is 0 Å². The second-order valence-electron chi connectivity index (χ2n) is 13.1. The van der Waals surface area contributed by atoms with Gasteiger partial charge in [0.1, 0.15) is 0 Å². The van der Waals surface area contributed by atoms with Gasteiger partial charge in [0.05, 0.1) is 0 Å². The molecule has 0 radical (unpaired) electrons. The van der Waals surface area contributed by atoms with Crippen LogP contribution in [0.5, 0.6) is 0 Å². The number of benzene rings is 4. The number of fused-ring (bicyclic) bond motifs is 3. The molecule has 5 aromatic rings. The summed E-state index contributed by atoms with van der Waals surface area (Å²) in [6.07, 6.45) is 2.14. The van der Waals surface area contributed by atoms with E-state index in [2.05, 4.69) is 139 Å². The summed E-state index contributed by atoms with van der Waals surface area (Å²) in [4.78, 5) is 0. The Kier molecular flexibility index (Phi) is 14.4. The van der Waals surface area contributed by atoms with E-state index in [1.54, 1.807) is 0 Å². The molecule has 3 heteroatoms. The Morgan fingerprint density at radius 1 is 0.705 bits per heavy atom. The summed E-state index contributed by atoms with van der Waals surface area (Å²) in [5.74, 6) is 0. The van der Waals surface area contributed by atoms with Crippen molar-refractivity contribution >= 4 is 3.21 Å². The third-order valence-corrected chi connectivity index (χ3v) is 9.21. The fraction of sp³-hybridized carbons (Fsp3) is 0.268. The molecule has 1 aliphatic rings. The molecule has 0 aromatic heterocycles. The third kappa shape index (κ3) is 10.0. The molecule has 0 N–H and O–H groups in total. The van der Waals surface area contributed by atoms with Crippen LogP contribution in [0.4, 0.5) is 0 Å². The Hall–Kier alpha value is -2.44. The fourth-order valence-electron chi connectivity index (χ4n) is 4.98. The standard InChI is InChI=1S/C21H25.C15H14.C5H5.2ClH.Zr/c1-20(2,3)16-9-7-14-11-15-8-10-17(21(4,5)6)13-19(15)18(14)12-16;1-2-13-8-10-15(11-9-13)12-14-6-4-3-5-7-14;1-2-4-5-3-1;;;/h7,9-10,12-13H,11H2,1-6H3;3-11H,2H2,1H3;1-5H;2*1H;/q-1;;-1;;;+2/p-2. The number of rotatable bonds is 3. The van der Waals surface area contributed by atoms with Crippen LogP contribution in [-0.2, 0) is 47.9 Å². The summed E-state index contributed by atoms with van der Waals surface area (Å²) < 4.78 is 1.43. The Balaban J connectivity index is 0.000000260. The second kappa shape index (κ2) is 16.8. The predicted octanol–water partition coefficient (Wildman–Crippen LogP) is 4.43. The average Bonchev–Trinajstić information content (AvgIpc) is 3.68. The summed E-state index contributed by atoms with van der Waals surface area (Å²) >= 11 is 1.47. The van der Waals surface area contributed by atoms with Crippen LogP contribution in [0.1, 0.15) is 87.4 Å². The van der Waals surface area contributed by atoms with Gasteiger partial charge in [-0.2, -0.15) is 47.5 Å². The first-order chi connectivity index (χ1) is 20.0. The maximum atomic E-state index is 3.53. The molecule has 1 aliphatic carbocycles. The number of halogens is 2. The van der Waals surface area contributed by atoms with Crippen LogP contribution < -0.4 is 24.8 Å². The van der Waals surface area contributed by atoms with Gasteiger partial charge in [-0.25, -0.2) is 12.1 Å². The first-order valence-corrected chi connectivity index (χ1v) is 16.3. The van der Waals surface area contributed by atoms with Gasteiger partial charge in [-0.1, -0.05) is 76.3 Å². The van der Waals surface area contributed by atoms with Crippen LogP contribution in [0.3, 0.4) is 0 Å². The van der Waals surface area contributed by atoms with Crippen LogP contribution in [0, 0.1) is 6.07 Å². The first kappa shape index (κ1) is 37.7. The molecule has 0 fully saturated rings. The van der Waals surface area contributed by atoms with Crippen molar-refractivity contribution in [2.45, 2.75) is 72.1 Å². The Labute approximate surface area is 293 Å². The average molecular weight is 699 g/mol. The van der Waals surface area contributed by atoms with E-state index in [-0.39, 0.29) is 35.6 Å². The van der Waals surface area contributed by atoms with E-state index >= 15 is 0 Å². The van der Waals surface area contributed by atoms with Gasteiger partial charge in [-0.3, -0.25) is 0 Å². The minimum atomic E-state index is 0. The van der Waals surface area contributed by atoms with E-state index in [1.807, 2.05) is 30.3 Å². The van der Waals surface area contributed by atoms with Gasteiger partial charge in [0, 0.05) is 0 Å². The van der Waals surface area contributed by atoms with E-state index in [4.69, 9.17) is 0 Å². The molecule has 0 spiro atoms. The molecule has 44 heavy (non-hydrogen) atoms. The Morgan fingerprint density at radius 3 is 1.80 bits per heavy atom. The van der Waals surface area contributed by atoms with Crippen molar-refractivity contribution in [3.8, 4) is 11.1 Å². The zero-order chi connectivity index (χ0) is 30.3. The normalized spacial score (nSPS) is 11.3. The minimum absolute atomic E-state index is 0. The zero-order valence-electron chi connectivity index (χ0n) is 27.1. The summed E-state index contributed by atoms with van der Waals surface area (Å²) in [6, 6.07) is 44.6. The quantitative estimate of drug-likeness (QED) is 0.240. The smallest absolute Gasteiger partial charge is 0.172 e. The van der Waals surface area contributed by atoms with Crippen LogP contribution in [0.15, 0.2) is 115 Å². The SMILES string of the molecule is CC(C)(C)c1c[c-]c2c(c1)-c1cc(C(C)(C)C)ccc1C2.CCc1ccc([C](=[Zr+2])c2ccccc2)cc1.[Cl-].[Cl-].c1cc[cH-]c1. The van der Waals surface area contributed by atoms with E-state index in [0.717, 1.165) is 12.8 Å². The molecule has 6 rings (SSSR count). The topological polar surface area (TPSA) is 0 Å². The predicted molar refractivity (Wildman–Crippen MR) is 178 cm³/mol. The largest absolute Gasteiger partial charge is 1.00 e. The monoisotopic (exact) mass is 696 g/mol. The van der Waals surface area contributed by atoms with Gasteiger partial charge in [-0.05, 0) is 17.4 Å². The van der Waals surface area contributed by atoms with E-state index in [0.29, 0.717) is 0 Å². The maximum absolute atomic E-state index is 3.53. The molecule has 228 valence electrons. The van der Waals surface area contributed by atoms with Gasteiger partial charge < -0.3 is 24.8 Å². The van der Waals surface area contributed by atoms with Crippen molar-refractivity contribution in [1.29, 1.82) is 0 Å². The molecule has 0 bridgehead atoms. The van der Waals surface area contributed by atoms with Crippen molar-refractivity contribution in [2.75, 3.05) is 0 Å². The molecule has 0 saturated carbocycles. The molecular formula is C41H44Cl2Zr-2. The van der Waals surface area contributed by atoms with E-state index in [1.165, 1.54) is 77.5 Å². The molecule has 0 nitrogen and oxygen atoms in total. The van der Waals surface area contributed by atoms with Crippen molar-refractivity contribution in [3.63, 3.8) is 0 Å². The van der Waals surface area contributed by atoms with Crippen LogP contribution in [-0.4, -0.2) is 3.21 Å². The molecule has 5 aromatic carbocycles. The van der Waals surface area contributed by atoms with Crippen molar-refractivity contribution in [3.05, 3.63) is 160 Å². The van der Waals surface area contributed by atoms with Gasteiger partial charge in [0.25, 0.3) is 0 Å². The first-order valence-electron chi connectivity index (χ1n) is 15.1. The Morgan fingerprint density at radius 2 is 1.27 bits per heavy atom. The van der Waals surface area contributed by atoms with Gasteiger partial charge in [0.2, 0.25) is 0 Å². The zero-order valence-corrected chi connectivity index (χ0v) is 31.1. The minimum Gasteiger partial charge on any atom is -1.00 e. The molecule has 0 aliphatic heterocycles. The molecule has 0 heterocycles. The van der Waals surface area contributed by atoms with Gasteiger partial charge in [-0.15, -0.1) is 5.56 Å². The van der Waals surface area contributed by atoms with Gasteiger partial charge in [0.15, 0.2) is 0 Å². The van der Waals surface area contributed by atoms with E-state index in [9.17, 15) is 0 Å². The second-order valence-corrected chi connectivity index (χ2v) is 14.3. The molecular weight excluding hydrogens is 655 g/mol. The Bertz CT molecular complexity index is 1510. The molecule has 0 saturated heterocycles. The number of aryl methyl sites for hydroxylation is 1. The molecule has 0 atom stereocenters. The summed E-state index contributed by atoms with van der Waals surface area (Å²) in [7, 11) is 0. The molecule has 0 amide bonds. The summed E-state index contributed by atoms with van der Waals surface area (Å²) in [6.45, 7) is 15.8. The fourth-order valence-corrected chi connectivity index (χ4v) is 5.80. The van der Waals surface area contributed by atoms with Crippen molar-refractivity contribution in [1.82, 2.24) is 0 Å².